The van der Waals surface area contributed by atoms with Crippen molar-refractivity contribution in [1.82, 2.24) is 5.32 Å². The van der Waals surface area contributed by atoms with E-state index in [0.29, 0.717) is 11.3 Å². The summed E-state index contributed by atoms with van der Waals surface area (Å²) in [5, 5.41) is 2.74. The van der Waals surface area contributed by atoms with Gasteiger partial charge in [-0.3, -0.25) is 4.79 Å². The molecular formula is C12H15BrN2O2S. The van der Waals surface area contributed by atoms with Gasteiger partial charge in [0.25, 0.3) is 5.91 Å². The number of rotatable bonds is 5. The first-order valence-corrected chi connectivity index (χ1v) is 6.61. The lowest BCUT2D eigenvalue weighted by molar-refractivity contribution is -0.123. The van der Waals surface area contributed by atoms with Crippen molar-refractivity contribution in [1.29, 1.82) is 0 Å². The average Bonchev–Trinajstić information content (AvgIpc) is 2.26. The summed E-state index contributed by atoms with van der Waals surface area (Å²) in [5.74, 6) is 0.325. The number of benzene rings is 1. The predicted molar refractivity (Wildman–Crippen MR) is 78.8 cm³/mol. The number of amides is 1. The summed E-state index contributed by atoms with van der Waals surface area (Å²) in [6.07, 6.45) is 0. The van der Waals surface area contributed by atoms with Crippen molar-refractivity contribution >= 4 is 39.0 Å². The summed E-state index contributed by atoms with van der Waals surface area (Å²) >= 11 is 8.26. The maximum atomic E-state index is 11.5. The van der Waals surface area contributed by atoms with Crippen LogP contribution in [0.4, 0.5) is 0 Å². The van der Waals surface area contributed by atoms with Gasteiger partial charge in [0, 0.05) is 10.5 Å². The van der Waals surface area contributed by atoms with E-state index in [0.717, 1.165) is 4.47 Å². The second-order valence-corrected chi connectivity index (χ2v) is 5.37. The molecule has 0 atom stereocenters. The number of hydrogen-bond acceptors (Lipinski definition) is 3. The van der Waals surface area contributed by atoms with Crippen molar-refractivity contribution in [2.45, 2.75) is 19.9 Å². The molecule has 18 heavy (non-hydrogen) atoms. The monoisotopic (exact) mass is 330 g/mol. The molecule has 0 aliphatic carbocycles. The van der Waals surface area contributed by atoms with Gasteiger partial charge in [0.15, 0.2) is 6.61 Å². The fourth-order valence-electron chi connectivity index (χ4n) is 1.33. The summed E-state index contributed by atoms with van der Waals surface area (Å²) in [6.45, 7) is 3.71. The van der Waals surface area contributed by atoms with Crippen LogP contribution in [0.3, 0.4) is 0 Å². The Labute approximate surface area is 120 Å². The summed E-state index contributed by atoms with van der Waals surface area (Å²) in [7, 11) is 0. The van der Waals surface area contributed by atoms with Crippen molar-refractivity contribution in [2.24, 2.45) is 5.73 Å². The second kappa shape index (κ2) is 6.70. The number of thiocarbonyl (C=S) groups is 1. The van der Waals surface area contributed by atoms with E-state index in [4.69, 9.17) is 22.7 Å². The molecule has 1 amide bonds. The summed E-state index contributed by atoms with van der Waals surface area (Å²) < 4.78 is 6.27. The lowest BCUT2D eigenvalue weighted by atomic mass is 10.2. The van der Waals surface area contributed by atoms with Gasteiger partial charge in [-0.15, -0.1) is 0 Å². The van der Waals surface area contributed by atoms with Crippen LogP contribution in [-0.2, 0) is 4.79 Å². The normalized spacial score (nSPS) is 10.2. The van der Waals surface area contributed by atoms with Crippen LogP contribution >= 0.6 is 28.1 Å². The number of carbonyl (C=O) groups excluding carboxylic acids is 1. The third kappa shape index (κ3) is 4.62. The van der Waals surface area contributed by atoms with Crippen molar-refractivity contribution in [3.05, 3.63) is 28.2 Å². The Morgan fingerprint density at radius 1 is 1.56 bits per heavy atom. The number of nitrogens with one attached hydrogen (secondary N) is 1. The molecule has 0 aromatic heterocycles. The molecule has 1 aromatic carbocycles. The van der Waals surface area contributed by atoms with Crippen LogP contribution in [0.15, 0.2) is 22.7 Å². The largest absolute Gasteiger partial charge is 0.483 e. The molecule has 0 aliphatic heterocycles. The van der Waals surface area contributed by atoms with Gasteiger partial charge in [0.2, 0.25) is 0 Å². The van der Waals surface area contributed by atoms with Crippen LogP contribution in [0.2, 0.25) is 0 Å². The van der Waals surface area contributed by atoms with E-state index in [2.05, 4.69) is 21.2 Å². The maximum absolute atomic E-state index is 11.5. The first-order chi connectivity index (χ1) is 8.40. The number of carbonyl (C=O) groups is 1. The van der Waals surface area contributed by atoms with E-state index in [9.17, 15) is 4.79 Å². The van der Waals surface area contributed by atoms with Gasteiger partial charge in [-0.1, -0.05) is 28.1 Å². The highest BCUT2D eigenvalue weighted by Gasteiger charge is 2.10. The Balaban J connectivity index is 2.73. The van der Waals surface area contributed by atoms with Gasteiger partial charge in [-0.05, 0) is 32.0 Å². The van der Waals surface area contributed by atoms with Crippen molar-refractivity contribution in [3.8, 4) is 5.75 Å². The third-order valence-electron chi connectivity index (χ3n) is 2.02. The zero-order valence-electron chi connectivity index (χ0n) is 10.2. The second-order valence-electron chi connectivity index (χ2n) is 4.02. The van der Waals surface area contributed by atoms with E-state index in [-0.39, 0.29) is 23.5 Å². The van der Waals surface area contributed by atoms with Crippen LogP contribution in [0, 0.1) is 0 Å². The fourth-order valence-corrected chi connectivity index (χ4v) is 1.85. The molecule has 98 valence electrons. The average molecular weight is 331 g/mol. The van der Waals surface area contributed by atoms with Crippen LogP contribution in [0.5, 0.6) is 5.75 Å². The molecule has 0 spiro atoms. The minimum Gasteiger partial charge on any atom is -0.483 e. The van der Waals surface area contributed by atoms with E-state index in [1.165, 1.54) is 0 Å². The van der Waals surface area contributed by atoms with Crippen LogP contribution in [-0.4, -0.2) is 23.5 Å². The highest BCUT2D eigenvalue weighted by atomic mass is 79.9. The molecule has 3 N–H and O–H groups in total. The number of halogens is 1. The smallest absolute Gasteiger partial charge is 0.258 e. The molecule has 0 fully saturated rings. The SMILES string of the molecule is CC(C)NC(=O)COc1ccc(Br)cc1C(N)=S. The van der Waals surface area contributed by atoms with Crippen LogP contribution in [0.1, 0.15) is 19.4 Å². The molecule has 0 saturated heterocycles. The lowest BCUT2D eigenvalue weighted by Crippen LogP contribution is -2.34. The maximum Gasteiger partial charge on any atom is 0.258 e. The fraction of sp³-hybridized carbons (Fsp3) is 0.333. The lowest BCUT2D eigenvalue weighted by Gasteiger charge is -2.12. The van der Waals surface area contributed by atoms with Crippen LogP contribution in [0.25, 0.3) is 0 Å². The third-order valence-corrected chi connectivity index (χ3v) is 2.73. The van der Waals surface area contributed by atoms with Crippen molar-refractivity contribution < 1.29 is 9.53 Å². The molecule has 0 saturated carbocycles. The molecule has 0 radical (unpaired) electrons. The molecule has 6 heteroatoms. The van der Waals surface area contributed by atoms with Gasteiger partial charge < -0.3 is 15.8 Å². The first kappa shape index (κ1) is 14.9. The van der Waals surface area contributed by atoms with E-state index >= 15 is 0 Å². The molecule has 0 aliphatic rings. The number of ether oxygens (including phenoxy) is 1. The van der Waals surface area contributed by atoms with E-state index in [1.54, 1.807) is 18.2 Å². The standard InChI is InChI=1S/C12H15BrN2O2S/c1-7(2)15-11(16)6-17-10-4-3-8(13)5-9(10)12(14)18/h3-5,7H,6H2,1-2H3,(H2,14,18)(H,15,16). The molecule has 0 heterocycles. The molecule has 4 nitrogen and oxygen atoms in total. The number of nitrogens with two attached hydrogens (primary N) is 1. The van der Waals surface area contributed by atoms with Crippen molar-refractivity contribution in [3.63, 3.8) is 0 Å². The zero-order valence-corrected chi connectivity index (χ0v) is 12.6. The summed E-state index contributed by atoms with van der Waals surface area (Å²) in [5.41, 5.74) is 6.21. The molecular weight excluding hydrogens is 316 g/mol. The molecule has 1 rings (SSSR count). The quantitative estimate of drug-likeness (QED) is 0.810. The Morgan fingerprint density at radius 2 is 2.22 bits per heavy atom. The van der Waals surface area contributed by atoms with E-state index in [1.807, 2.05) is 13.8 Å². The van der Waals surface area contributed by atoms with Crippen LogP contribution < -0.4 is 15.8 Å². The van der Waals surface area contributed by atoms with Gasteiger partial charge in [0.1, 0.15) is 10.7 Å². The molecule has 1 aromatic rings. The van der Waals surface area contributed by atoms with Gasteiger partial charge >= 0.3 is 0 Å². The van der Waals surface area contributed by atoms with E-state index < -0.39 is 0 Å². The van der Waals surface area contributed by atoms with Gasteiger partial charge in [-0.2, -0.15) is 0 Å². The zero-order chi connectivity index (χ0) is 13.7. The number of hydrogen-bond donors (Lipinski definition) is 2. The Bertz CT molecular complexity index is 463. The highest BCUT2D eigenvalue weighted by molar-refractivity contribution is 9.10. The Morgan fingerprint density at radius 3 is 2.78 bits per heavy atom. The Hall–Kier alpha value is -1.14. The highest BCUT2D eigenvalue weighted by Crippen LogP contribution is 2.23. The van der Waals surface area contributed by atoms with Crippen molar-refractivity contribution in [2.75, 3.05) is 6.61 Å². The predicted octanol–water partition coefficient (Wildman–Crippen LogP) is 1.99. The minimum atomic E-state index is -0.179. The Kier molecular flexibility index (Phi) is 5.55. The molecule has 0 unspecified atom stereocenters. The summed E-state index contributed by atoms with van der Waals surface area (Å²) in [4.78, 5) is 11.7. The molecule has 0 bridgehead atoms. The van der Waals surface area contributed by atoms with Gasteiger partial charge in [-0.25, -0.2) is 0 Å². The minimum absolute atomic E-state index is 0.0601. The van der Waals surface area contributed by atoms with Gasteiger partial charge in [0.05, 0.1) is 5.56 Å². The summed E-state index contributed by atoms with van der Waals surface area (Å²) in [6, 6.07) is 5.37. The first-order valence-electron chi connectivity index (χ1n) is 5.41. The topological polar surface area (TPSA) is 64.3 Å².